The summed E-state index contributed by atoms with van der Waals surface area (Å²) in [7, 11) is 0. The van der Waals surface area contributed by atoms with Crippen molar-refractivity contribution in [3.63, 3.8) is 0 Å². The second-order valence-corrected chi connectivity index (χ2v) is 7.79. The molecule has 4 heterocycles. The van der Waals surface area contributed by atoms with Gasteiger partial charge in [0.2, 0.25) is 0 Å². The van der Waals surface area contributed by atoms with E-state index in [9.17, 15) is 0 Å². The Labute approximate surface area is 163 Å². The molecule has 1 saturated heterocycles. The standard InChI is InChI=1S/C19H26N6OS/c1-4-26-15(3)19-21-16(13-27-19)12-23-7-9-24(10-8-23)18-17-11-14(2)22-25(17)6-5-20-18/h5-6,11,13,15H,4,7-10,12H2,1-3H3. The number of rotatable bonds is 6. The van der Waals surface area contributed by atoms with Crippen LogP contribution in [0.3, 0.4) is 0 Å². The first-order chi connectivity index (χ1) is 13.1. The summed E-state index contributed by atoms with van der Waals surface area (Å²) in [5, 5.41) is 7.72. The molecule has 1 aliphatic rings. The Hall–Kier alpha value is -2.03. The molecule has 3 aromatic rings. The molecule has 0 aliphatic carbocycles. The van der Waals surface area contributed by atoms with E-state index >= 15 is 0 Å². The van der Waals surface area contributed by atoms with E-state index in [-0.39, 0.29) is 6.10 Å². The molecule has 0 saturated carbocycles. The Morgan fingerprint density at radius 1 is 1.26 bits per heavy atom. The lowest BCUT2D eigenvalue weighted by Crippen LogP contribution is -2.46. The van der Waals surface area contributed by atoms with Crippen LogP contribution in [0.5, 0.6) is 0 Å². The van der Waals surface area contributed by atoms with Crippen LogP contribution in [0.4, 0.5) is 5.82 Å². The third kappa shape index (κ3) is 3.97. The molecule has 1 fully saturated rings. The van der Waals surface area contributed by atoms with E-state index in [1.165, 1.54) is 0 Å². The second-order valence-electron chi connectivity index (χ2n) is 6.90. The van der Waals surface area contributed by atoms with Crippen LogP contribution >= 0.6 is 11.3 Å². The minimum atomic E-state index is 0.0799. The Morgan fingerprint density at radius 2 is 2.07 bits per heavy atom. The lowest BCUT2D eigenvalue weighted by atomic mass is 10.2. The molecule has 0 bridgehead atoms. The van der Waals surface area contributed by atoms with E-state index in [1.54, 1.807) is 11.3 Å². The van der Waals surface area contributed by atoms with Crippen LogP contribution < -0.4 is 4.90 Å². The Balaban J connectivity index is 1.38. The molecule has 0 aromatic carbocycles. The summed E-state index contributed by atoms with van der Waals surface area (Å²) in [4.78, 5) is 14.2. The molecule has 0 spiro atoms. The minimum Gasteiger partial charge on any atom is -0.372 e. The molecule has 1 atom stereocenters. The summed E-state index contributed by atoms with van der Waals surface area (Å²) in [6, 6.07) is 2.10. The maximum absolute atomic E-state index is 5.64. The van der Waals surface area contributed by atoms with Crippen molar-refractivity contribution in [2.45, 2.75) is 33.4 Å². The minimum absolute atomic E-state index is 0.0799. The molecule has 4 rings (SSSR count). The van der Waals surface area contributed by atoms with Gasteiger partial charge in [-0.25, -0.2) is 14.5 Å². The molecule has 0 radical (unpaired) electrons. The highest BCUT2D eigenvalue weighted by molar-refractivity contribution is 7.09. The van der Waals surface area contributed by atoms with Gasteiger partial charge >= 0.3 is 0 Å². The van der Waals surface area contributed by atoms with Crippen LogP contribution in [0.15, 0.2) is 23.8 Å². The van der Waals surface area contributed by atoms with Crippen molar-refractivity contribution >= 4 is 22.7 Å². The van der Waals surface area contributed by atoms with Crippen molar-refractivity contribution in [2.24, 2.45) is 0 Å². The Morgan fingerprint density at radius 3 is 2.85 bits per heavy atom. The van der Waals surface area contributed by atoms with Crippen molar-refractivity contribution in [1.29, 1.82) is 0 Å². The molecule has 0 amide bonds. The van der Waals surface area contributed by atoms with E-state index in [0.717, 1.165) is 67.1 Å². The molecule has 7 nitrogen and oxygen atoms in total. The van der Waals surface area contributed by atoms with Crippen LogP contribution in [0, 0.1) is 6.92 Å². The SMILES string of the molecule is CCOC(C)c1nc(CN2CCN(c3nccn4nc(C)cc34)CC2)cs1. The first kappa shape index (κ1) is 18.3. The van der Waals surface area contributed by atoms with Crippen molar-refractivity contribution < 1.29 is 4.74 Å². The van der Waals surface area contributed by atoms with E-state index < -0.39 is 0 Å². The third-order valence-corrected chi connectivity index (χ3v) is 5.94. The van der Waals surface area contributed by atoms with Gasteiger partial charge in [-0.1, -0.05) is 0 Å². The predicted molar refractivity (Wildman–Crippen MR) is 107 cm³/mol. The monoisotopic (exact) mass is 386 g/mol. The summed E-state index contributed by atoms with van der Waals surface area (Å²) in [5.41, 5.74) is 3.24. The van der Waals surface area contributed by atoms with Crippen LogP contribution in [0.2, 0.25) is 0 Å². The first-order valence-corrected chi connectivity index (χ1v) is 10.4. The van der Waals surface area contributed by atoms with Crippen LogP contribution in [0.1, 0.15) is 36.3 Å². The largest absolute Gasteiger partial charge is 0.372 e. The van der Waals surface area contributed by atoms with Crippen molar-refractivity contribution in [2.75, 3.05) is 37.7 Å². The average molecular weight is 387 g/mol. The number of piperazine rings is 1. The Kier molecular flexibility index (Phi) is 5.38. The fourth-order valence-electron chi connectivity index (χ4n) is 3.52. The van der Waals surface area contributed by atoms with Crippen molar-refractivity contribution in [1.82, 2.24) is 24.5 Å². The summed E-state index contributed by atoms with van der Waals surface area (Å²) < 4.78 is 7.56. The number of hydrogen-bond donors (Lipinski definition) is 0. The van der Waals surface area contributed by atoms with Gasteiger partial charge in [-0.05, 0) is 26.8 Å². The topological polar surface area (TPSA) is 58.8 Å². The maximum atomic E-state index is 5.64. The van der Waals surface area contributed by atoms with E-state index in [4.69, 9.17) is 9.72 Å². The van der Waals surface area contributed by atoms with Gasteiger partial charge < -0.3 is 9.64 Å². The highest BCUT2D eigenvalue weighted by Crippen LogP contribution is 2.24. The smallest absolute Gasteiger partial charge is 0.154 e. The molecular formula is C19H26N6OS. The number of anilines is 1. The van der Waals surface area contributed by atoms with Gasteiger partial charge in [-0.2, -0.15) is 5.10 Å². The van der Waals surface area contributed by atoms with Crippen molar-refractivity contribution in [3.05, 3.63) is 40.2 Å². The van der Waals surface area contributed by atoms with Crippen LogP contribution in [-0.2, 0) is 11.3 Å². The molecule has 1 aliphatic heterocycles. The average Bonchev–Trinajstić information content (AvgIpc) is 3.28. The van der Waals surface area contributed by atoms with Gasteiger partial charge in [-0.3, -0.25) is 4.90 Å². The summed E-state index contributed by atoms with van der Waals surface area (Å²) in [6.07, 6.45) is 3.82. The third-order valence-electron chi connectivity index (χ3n) is 4.88. The zero-order chi connectivity index (χ0) is 18.8. The number of aromatic nitrogens is 4. The van der Waals surface area contributed by atoms with E-state index in [2.05, 4.69) is 38.3 Å². The van der Waals surface area contributed by atoms with Crippen LogP contribution in [0.25, 0.3) is 5.52 Å². The highest BCUT2D eigenvalue weighted by Gasteiger charge is 2.21. The summed E-state index contributed by atoms with van der Waals surface area (Å²) >= 11 is 1.69. The fourth-order valence-corrected chi connectivity index (χ4v) is 4.34. The molecule has 0 N–H and O–H groups in total. The number of fused-ring (bicyclic) bond motifs is 1. The number of hydrogen-bond acceptors (Lipinski definition) is 7. The number of thiazole rings is 1. The van der Waals surface area contributed by atoms with E-state index in [0.29, 0.717) is 0 Å². The van der Waals surface area contributed by atoms with E-state index in [1.807, 2.05) is 30.8 Å². The number of aryl methyl sites for hydroxylation is 1. The van der Waals surface area contributed by atoms with Crippen LogP contribution in [-0.4, -0.2) is 57.3 Å². The van der Waals surface area contributed by atoms with Gasteiger partial charge in [0.15, 0.2) is 5.82 Å². The predicted octanol–water partition coefficient (Wildman–Crippen LogP) is 2.91. The molecule has 3 aromatic heterocycles. The lowest BCUT2D eigenvalue weighted by Gasteiger charge is -2.35. The Bertz CT molecular complexity index is 899. The van der Waals surface area contributed by atoms with Gasteiger partial charge in [0.1, 0.15) is 16.6 Å². The second kappa shape index (κ2) is 7.92. The molecule has 1 unspecified atom stereocenters. The molecule has 27 heavy (non-hydrogen) atoms. The van der Waals surface area contributed by atoms with Gasteiger partial charge in [0.05, 0.1) is 11.4 Å². The fraction of sp³-hybridized carbons (Fsp3) is 0.526. The summed E-state index contributed by atoms with van der Waals surface area (Å²) in [6.45, 7) is 11.6. The lowest BCUT2D eigenvalue weighted by molar-refractivity contribution is 0.0760. The number of ether oxygens (including phenoxy) is 1. The zero-order valence-corrected chi connectivity index (χ0v) is 16.9. The maximum Gasteiger partial charge on any atom is 0.154 e. The summed E-state index contributed by atoms with van der Waals surface area (Å²) in [5.74, 6) is 1.03. The normalized spacial score (nSPS) is 16.9. The first-order valence-electron chi connectivity index (χ1n) is 9.48. The quantitative estimate of drug-likeness (QED) is 0.649. The highest BCUT2D eigenvalue weighted by atomic mass is 32.1. The molecule has 8 heteroatoms. The van der Waals surface area contributed by atoms with Gasteiger partial charge in [0.25, 0.3) is 0 Å². The number of nitrogens with zero attached hydrogens (tertiary/aromatic N) is 6. The zero-order valence-electron chi connectivity index (χ0n) is 16.1. The van der Waals surface area contributed by atoms with Gasteiger partial charge in [-0.15, -0.1) is 11.3 Å². The molecule has 144 valence electrons. The van der Waals surface area contributed by atoms with Crippen molar-refractivity contribution in [3.8, 4) is 0 Å². The van der Waals surface area contributed by atoms with Gasteiger partial charge in [0, 0.05) is 57.1 Å². The molecular weight excluding hydrogens is 360 g/mol.